The van der Waals surface area contributed by atoms with Crippen molar-refractivity contribution in [2.75, 3.05) is 26.7 Å². The van der Waals surface area contributed by atoms with Gasteiger partial charge in [-0.25, -0.2) is 9.07 Å². The van der Waals surface area contributed by atoms with Crippen LogP contribution in [0.4, 0.5) is 4.39 Å². The monoisotopic (exact) mass is 344 g/mol. The molecule has 0 radical (unpaired) electrons. The molecule has 0 aliphatic carbocycles. The molecule has 1 saturated heterocycles. The van der Waals surface area contributed by atoms with Gasteiger partial charge in [0.05, 0.1) is 17.8 Å². The summed E-state index contributed by atoms with van der Waals surface area (Å²) in [6.07, 6.45) is 1.42. The maximum atomic E-state index is 13.1. The number of carbonyl (C=O) groups is 1. The Balaban J connectivity index is 1.75. The molecule has 6 heteroatoms. The molecule has 2 heterocycles. The van der Waals surface area contributed by atoms with Crippen LogP contribution in [0, 0.1) is 25.6 Å². The number of benzene rings is 1. The molecule has 134 valence electrons. The first kappa shape index (κ1) is 17.6. The number of amides is 1. The molecule has 0 bridgehead atoms. The Morgan fingerprint density at radius 3 is 2.72 bits per heavy atom. The fourth-order valence-corrected chi connectivity index (χ4v) is 3.54. The van der Waals surface area contributed by atoms with E-state index in [1.165, 1.54) is 12.1 Å². The molecule has 0 saturated carbocycles. The summed E-state index contributed by atoms with van der Waals surface area (Å²) in [6.45, 7) is 6.48. The zero-order valence-corrected chi connectivity index (χ0v) is 15.1. The molecule has 1 aliphatic rings. The van der Waals surface area contributed by atoms with Gasteiger partial charge in [0.1, 0.15) is 5.82 Å². The van der Waals surface area contributed by atoms with Crippen LogP contribution in [0.25, 0.3) is 5.69 Å². The Labute approximate surface area is 147 Å². The van der Waals surface area contributed by atoms with E-state index in [9.17, 15) is 9.18 Å². The number of hydrogen-bond acceptors (Lipinski definition) is 3. The second kappa shape index (κ2) is 7.35. The molecule has 1 atom stereocenters. The highest BCUT2D eigenvalue weighted by molar-refractivity contribution is 5.79. The quantitative estimate of drug-likeness (QED) is 0.905. The molecule has 1 N–H and O–H groups in total. The van der Waals surface area contributed by atoms with Gasteiger partial charge >= 0.3 is 0 Å². The largest absolute Gasteiger partial charge is 0.342 e. The summed E-state index contributed by atoms with van der Waals surface area (Å²) in [7, 11) is 1.95. The number of carbonyl (C=O) groups excluding carboxylic acids is 1. The van der Waals surface area contributed by atoms with E-state index < -0.39 is 0 Å². The van der Waals surface area contributed by atoms with Gasteiger partial charge in [0.2, 0.25) is 5.91 Å². The minimum atomic E-state index is -0.272. The van der Waals surface area contributed by atoms with Crippen molar-refractivity contribution in [3.63, 3.8) is 0 Å². The van der Waals surface area contributed by atoms with Gasteiger partial charge < -0.3 is 10.2 Å². The number of aryl methyl sites for hydroxylation is 1. The second-order valence-corrected chi connectivity index (χ2v) is 6.77. The lowest BCUT2D eigenvalue weighted by molar-refractivity contribution is -0.129. The smallest absolute Gasteiger partial charge is 0.227 e. The van der Waals surface area contributed by atoms with Gasteiger partial charge in [-0.05, 0) is 64.0 Å². The molecule has 3 rings (SSSR count). The van der Waals surface area contributed by atoms with Crippen molar-refractivity contribution in [3.8, 4) is 5.69 Å². The molecule has 1 fully saturated rings. The summed E-state index contributed by atoms with van der Waals surface area (Å²) >= 11 is 0. The van der Waals surface area contributed by atoms with Crippen LogP contribution in [-0.4, -0.2) is 47.3 Å². The Morgan fingerprint density at radius 2 is 2.04 bits per heavy atom. The first-order valence-electron chi connectivity index (χ1n) is 8.73. The molecule has 1 aliphatic heterocycles. The highest BCUT2D eigenvalue weighted by atomic mass is 19.1. The van der Waals surface area contributed by atoms with Gasteiger partial charge in [-0.15, -0.1) is 0 Å². The van der Waals surface area contributed by atoms with Crippen molar-refractivity contribution in [1.82, 2.24) is 20.0 Å². The van der Waals surface area contributed by atoms with Crippen LogP contribution in [0.5, 0.6) is 0 Å². The van der Waals surface area contributed by atoms with Gasteiger partial charge in [-0.2, -0.15) is 5.10 Å². The lowest BCUT2D eigenvalue weighted by atomic mass is 10.1. The fourth-order valence-electron chi connectivity index (χ4n) is 3.54. The average Bonchev–Trinajstić information content (AvgIpc) is 3.16. The first-order chi connectivity index (χ1) is 12.0. The standard InChI is InChI=1S/C19H25FN4O/c1-13-18(10-19(25)23-9-8-15(12-23)11-21-3)14(2)24(22-13)17-6-4-16(20)5-7-17/h4-7,15,21H,8-12H2,1-3H3. The number of nitrogens with zero attached hydrogens (tertiary/aromatic N) is 3. The number of likely N-dealkylation sites (tertiary alicyclic amines) is 1. The minimum absolute atomic E-state index is 0.156. The molecular weight excluding hydrogens is 319 g/mol. The third kappa shape index (κ3) is 3.74. The number of hydrogen-bond donors (Lipinski definition) is 1. The van der Waals surface area contributed by atoms with Gasteiger partial charge in [-0.3, -0.25) is 4.79 Å². The predicted octanol–water partition coefficient (Wildman–Crippen LogP) is 2.24. The number of nitrogens with one attached hydrogen (secondary N) is 1. The van der Waals surface area contributed by atoms with Gasteiger partial charge in [-0.1, -0.05) is 0 Å². The van der Waals surface area contributed by atoms with E-state index in [1.54, 1.807) is 16.8 Å². The van der Waals surface area contributed by atoms with Gasteiger partial charge in [0.15, 0.2) is 0 Å². The molecular formula is C19H25FN4O. The van der Waals surface area contributed by atoms with Crippen molar-refractivity contribution >= 4 is 5.91 Å². The molecule has 1 aromatic carbocycles. The zero-order valence-electron chi connectivity index (χ0n) is 15.1. The minimum Gasteiger partial charge on any atom is -0.342 e. The number of rotatable bonds is 5. The van der Waals surface area contributed by atoms with Crippen molar-refractivity contribution in [1.29, 1.82) is 0 Å². The van der Waals surface area contributed by atoms with Crippen LogP contribution in [-0.2, 0) is 11.2 Å². The van der Waals surface area contributed by atoms with Crippen LogP contribution in [0.15, 0.2) is 24.3 Å². The van der Waals surface area contributed by atoms with Crippen LogP contribution in [0.2, 0.25) is 0 Å². The Morgan fingerprint density at radius 1 is 1.32 bits per heavy atom. The molecule has 5 nitrogen and oxygen atoms in total. The molecule has 1 unspecified atom stereocenters. The van der Waals surface area contributed by atoms with Gasteiger partial charge in [0, 0.05) is 24.3 Å². The normalized spacial score (nSPS) is 17.3. The summed E-state index contributed by atoms with van der Waals surface area (Å²) in [5.41, 5.74) is 3.55. The summed E-state index contributed by atoms with van der Waals surface area (Å²) in [4.78, 5) is 14.6. The van der Waals surface area contributed by atoms with E-state index in [1.807, 2.05) is 25.8 Å². The lowest BCUT2D eigenvalue weighted by Gasteiger charge is -2.17. The van der Waals surface area contributed by atoms with Crippen molar-refractivity contribution in [3.05, 3.63) is 47.0 Å². The summed E-state index contributed by atoms with van der Waals surface area (Å²) in [6, 6.07) is 6.23. The topological polar surface area (TPSA) is 50.2 Å². The van der Waals surface area contributed by atoms with Crippen LogP contribution in [0.1, 0.15) is 23.4 Å². The summed E-state index contributed by atoms with van der Waals surface area (Å²) < 4.78 is 14.9. The SMILES string of the molecule is CNCC1CCN(C(=O)Cc2c(C)nn(-c3ccc(F)cc3)c2C)C1. The van der Waals surface area contributed by atoms with E-state index in [-0.39, 0.29) is 11.7 Å². The molecule has 25 heavy (non-hydrogen) atoms. The Hall–Kier alpha value is -2.21. The van der Waals surface area contributed by atoms with E-state index in [2.05, 4.69) is 10.4 Å². The highest BCUT2D eigenvalue weighted by Gasteiger charge is 2.27. The average molecular weight is 344 g/mol. The molecule has 0 spiro atoms. The Bertz CT molecular complexity index is 754. The number of halogens is 1. The van der Waals surface area contributed by atoms with Crippen molar-refractivity contribution < 1.29 is 9.18 Å². The zero-order chi connectivity index (χ0) is 18.0. The van der Waals surface area contributed by atoms with E-state index in [4.69, 9.17) is 0 Å². The summed E-state index contributed by atoms with van der Waals surface area (Å²) in [5, 5.41) is 7.73. The maximum Gasteiger partial charge on any atom is 0.227 e. The van der Waals surface area contributed by atoms with E-state index in [0.717, 1.165) is 48.7 Å². The molecule has 2 aromatic rings. The fraction of sp³-hybridized carbons (Fsp3) is 0.474. The summed E-state index contributed by atoms with van der Waals surface area (Å²) in [5.74, 6) is 0.424. The van der Waals surface area contributed by atoms with Crippen molar-refractivity contribution in [2.45, 2.75) is 26.7 Å². The molecule has 1 amide bonds. The third-order valence-electron chi connectivity index (χ3n) is 4.97. The second-order valence-electron chi connectivity index (χ2n) is 6.77. The molecule has 1 aromatic heterocycles. The third-order valence-corrected chi connectivity index (χ3v) is 4.97. The van der Waals surface area contributed by atoms with Crippen LogP contribution in [0.3, 0.4) is 0 Å². The predicted molar refractivity (Wildman–Crippen MR) is 95.3 cm³/mol. The number of aromatic nitrogens is 2. The maximum absolute atomic E-state index is 13.1. The van der Waals surface area contributed by atoms with Gasteiger partial charge in [0.25, 0.3) is 0 Å². The Kier molecular flexibility index (Phi) is 5.18. The van der Waals surface area contributed by atoms with Crippen LogP contribution >= 0.6 is 0 Å². The van der Waals surface area contributed by atoms with Crippen LogP contribution < -0.4 is 5.32 Å². The van der Waals surface area contributed by atoms with E-state index >= 15 is 0 Å². The highest BCUT2D eigenvalue weighted by Crippen LogP contribution is 2.21. The first-order valence-corrected chi connectivity index (χ1v) is 8.73. The van der Waals surface area contributed by atoms with Crippen molar-refractivity contribution in [2.24, 2.45) is 5.92 Å². The van der Waals surface area contributed by atoms with E-state index in [0.29, 0.717) is 12.3 Å². The lowest BCUT2D eigenvalue weighted by Crippen LogP contribution is -2.31.